The van der Waals surface area contributed by atoms with E-state index in [1.54, 1.807) is 6.07 Å². The molecule has 0 radical (unpaired) electrons. The highest BCUT2D eigenvalue weighted by Crippen LogP contribution is 2.34. The van der Waals surface area contributed by atoms with Crippen LogP contribution < -0.4 is 20.1 Å². The molecular weight excluding hydrogens is 428 g/mol. The minimum absolute atomic E-state index is 0.0417. The molecule has 2 amide bonds. The van der Waals surface area contributed by atoms with E-state index in [1.807, 2.05) is 19.0 Å². The van der Waals surface area contributed by atoms with Gasteiger partial charge in [-0.15, -0.1) is 0 Å². The van der Waals surface area contributed by atoms with Crippen LogP contribution in [0.3, 0.4) is 0 Å². The largest absolute Gasteiger partial charge is 0.486 e. The number of ether oxygens (including phenoxy) is 3. The molecule has 31 heavy (non-hydrogen) atoms. The SMILES string of the molecule is CN(C)CCNC(=O)C(=O)NC[C@H]1OCCCN1S(=O)(=O)c1ccc2c(c1)OCCO2. The lowest BCUT2D eigenvalue weighted by Gasteiger charge is -2.34. The first-order valence-corrected chi connectivity index (χ1v) is 11.5. The molecule has 1 saturated heterocycles. The molecule has 1 fully saturated rings. The minimum atomic E-state index is -3.92. The van der Waals surface area contributed by atoms with Crippen LogP contribution in [-0.4, -0.2) is 95.8 Å². The van der Waals surface area contributed by atoms with Gasteiger partial charge in [-0.05, 0) is 32.6 Å². The lowest BCUT2D eigenvalue weighted by molar-refractivity contribution is -0.140. The van der Waals surface area contributed by atoms with E-state index >= 15 is 0 Å². The Morgan fingerprint density at radius 3 is 2.55 bits per heavy atom. The molecular formula is C19H28N4O7S. The van der Waals surface area contributed by atoms with Gasteiger partial charge in [0.2, 0.25) is 10.0 Å². The molecule has 0 aliphatic carbocycles. The maximum absolute atomic E-state index is 13.2. The Balaban J connectivity index is 1.64. The van der Waals surface area contributed by atoms with Crippen molar-refractivity contribution in [3.8, 4) is 11.5 Å². The van der Waals surface area contributed by atoms with E-state index in [4.69, 9.17) is 14.2 Å². The van der Waals surface area contributed by atoms with Crippen molar-refractivity contribution in [3.05, 3.63) is 18.2 Å². The molecule has 11 nitrogen and oxygen atoms in total. The second-order valence-corrected chi connectivity index (χ2v) is 9.26. The summed E-state index contributed by atoms with van der Waals surface area (Å²) < 4.78 is 44.1. The summed E-state index contributed by atoms with van der Waals surface area (Å²) in [5.74, 6) is -0.766. The molecule has 2 aliphatic heterocycles. The molecule has 1 atom stereocenters. The van der Waals surface area contributed by atoms with Crippen molar-refractivity contribution in [1.82, 2.24) is 19.8 Å². The number of nitrogens with zero attached hydrogens (tertiary/aromatic N) is 2. The first-order chi connectivity index (χ1) is 14.8. The smallest absolute Gasteiger partial charge is 0.309 e. The number of hydrogen-bond acceptors (Lipinski definition) is 8. The molecule has 0 spiro atoms. The fourth-order valence-electron chi connectivity index (χ4n) is 3.16. The van der Waals surface area contributed by atoms with Crippen LogP contribution >= 0.6 is 0 Å². The fourth-order valence-corrected chi connectivity index (χ4v) is 4.74. The van der Waals surface area contributed by atoms with Crippen molar-refractivity contribution in [2.24, 2.45) is 0 Å². The fraction of sp³-hybridized carbons (Fsp3) is 0.579. The van der Waals surface area contributed by atoms with Gasteiger partial charge in [0.15, 0.2) is 11.5 Å². The number of hydrogen-bond donors (Lipinski definition) is 2. The molecule has 12 heteroatoms. The van der Waals surface area contributed by atoms with Crippen LogP contribution in [0.5, 0.6) is 11.5 Å². The molecule has 2 N–H and O–H groups in total. The normalized spacial score (nSPS) is 19.1. The number of carbonyl (C=O) groups excluding carboxylic acids is 2. The molecule has 2 aliphatic rings. The number of likely N-dealkylation sites (N-methyl/N-ethyl adjacent to an activating group) is 1. The number of amides is 2. The van der Waals surface area contributed by atoms with Crippen LogP contribution in [0.25, 0.3) is 0 Å². The van der Waals surface area contributed by atoms with Crippen molar-refractivity contribution in [1.29, 1.82) is 0 Å². The Labute approximate surface area is 181 Å². The van der Waals surface area contributed by atoms with Crippen LogP contribution in [0.2, 0.25) is 0 Å². The number of fused-ring (bicyclic) bond motifs is 1. The highest BCUT2D eigenvalue weighted by molar-refractivity contribution is 7.89. The van der Waals surface area contributed by atoms with Crippen LogP contribution in [0, 0.1) is 0 Å². The summed E-state index contributed by atoms with van der Waals surface area (Å²) in [5.41, 5.74) is 0. The van der Waals surface area contributed by atoms with Gasteiger partial charge in [-0.3, -0.25) is 9.59 Å². The maximum atomic E-state index is 13.2. The zero-order chi connectivity index (χ0) is 22.4. The van der Waals surface area contributed by atoms with Gasteiger partial charge < -0.3 is 29.7 Å². The van der Waals surface area contributed by atoms with Gasteiger partial charge in [0.25, 0.3) is 0 Å². The zero-order valence-electron chi connectivity index (χ0n) is 17.6. The van der Waals surface area contributed by atoms with Gasteiger partial charge in [0.05, 0.1) is 18.0 Å². The van der Waals surface area contributed by atoms with Gasteiger partial charge >= 0.3 is 11.8 Å². The van der Waals surface area contributed by atoms with E-state index in [-0.39, 0.29) is 18.0 Å². The van der Waals surface area contributed by atoms with Gasteiger partial charge in [-0.2, -0.15) is 4.31 Å². The molecule has 1 aromatic rings. The average Bonchev–Trinajstić information content (AvgIpc) is 2.76. The summed E-state index contributed by atoms with van der Waals surface area (Å²) in [5, 5.41) is 4.96. The van der Waals surface area contributed by atoms with Crippen LogP contribution in [0.1, 0.15) is 6.42 Å². The topological polar surface area (TPSA) is 127 Å². The van der Waals surface area contributed by atoms with Crippen molar-refractivity contribution in [3.63, 3.8) is 0 Å². The summed E-state index contributed by atoms with van der Waals surface area (Å²) in [6, 6.07) is 4.43. The molecule has 0 aromatic heterocycles. The zero-order valence-corrected chi connectivity index (χ0v) is 18.4. The highest BCUT2D eigenvalue weighted by Gasteiger charge is 2.35. The summed E-state index contributed by atoms with van der Waals surface area (Å²) in [6.45, 7) is 2.09. The summed E-state index contributed by atoms with van der Waals surface area (Å²) in [7, 11) is -0.220. The molecule has 1 aromatic carbocycles. The average molecular weight is 457 g/mol. The molecule has 0 bridgehead atoms. The Morgan fingerprint density at radius 2 is 1.81 bits per heavy atom. The van der Waals surface area contributed by atoms with E-state index in [0.717, 1.165) is 0 Å². The number of nitrogens with one attached hydrogen (secondary N) is 2. The number of rotatable bonds is 7. The van der Waals surface area contributed by atoms with Crippen LogP contribution in [-0.2, 0) is 24.3 Å². The van der Waals surface area contributed by atoms with Gasteiger partial charge in [0.1, 0.15) is 19.4 Å². The van der Waals surface area contributed by atoms with Crippen molar-refractivity contribution < 1.29 is 32.2 Å². The highest BCUT2D eigenvalue weighted by atomic mass is 32.2. The van der Waals surface area contributed by atoms with E-state index in [9.17, 15) is 18.0 Å². The minimum Gasteiger partial charge on any atom is -0.486 e. The second-order valence-electron chi connectivity index (χ2n) is 7.37. The third-order valence-corrected chi connectivity index (χ3v) is 6.65. The van der Waals surface area contributed by atoms with E-state index in [0.29, 0.717) is 50.8 Å². The first kappa shape index (κ1) is 23.3. The Bertz CT molecular complexity index is 907. The Kier molecular flexibility index (Phi) is 7.70. The first-order valence-electron chi connectivity index (χ1n) is 10.0. The Hall–Kier alpha value is -2.41. The lowest BCUT2D eigenvalue weighted by atomic mass is 10.3. The van der Waals surface area contributed by atoms with Gasteiger partial charge in [-0.1, -0.05) is 0 Å². The lowest BCUT2D eigenvalue weighted by Crippen LogP contribution is -2.53. The third-order valence-electron chi connectivity index (χ3n) is 4.76. The second kappa shape index (κ2) is 10.3. The van der Waals surface area contributed by atoms with Crippen molar-refractivity contribution in [2.45, 2.75) is 17.5 Å². The van der Waals surface area contributed by atoms with E-state index in [1.165, 1.54) is 16.4 Å². The number of carbonyl (C=O) groups is 2. The Morgan fingerprint density at radius 1 is 1.10 bits per heavy atom. The summed E-state index contributed by atoms with van der Waals surface area (Å²) in [6.07, 6.45) is -0.412. The molecule has 172 valence electrons. The van der Waals surface area contributed by atoms with Crippen molar-refractivity contribution >= 4 is 21.8 Å². The maximum Gasteiger partial charge on any atom is 0.309 e. The monoisotopic (exact) mass is 456 g/mol. The van der Waals surface area contributed by atoms with Crippen LogP contribution in [0.15, 0.2) is 23.1 Å². The quantitative estimate of drug-likeness (QED) is 0.500. The molecule has 2 heterocycles. The predicted octanol–water partition coefficient (Wildman–Crippen LogP) is -1.01. The molecule has 0 saturated carbocycles. The molecule has 0 unspecified atom stereocenters. The van der Waals surface area contributed by atoms with Gasteiger partial charge in [-0.25, -0.2) is 8.42 Å². The number of sulfonamides is 1. The standard InChI is InChI=1S/C19H28N4O7S/c1-22(2)8-6-20-18(24)19(25)21-13-17-23(7-3-9-30-17)31(26,27)14-4-5-15-16(12-14)29-11-10-28-15/h4-5,12,17H,3,6-11,13H2,1-2H3,(H,20,24)(H,21,25)/t17-/m1/s1. The summed E-state index contributed by atoms with van der Waals surface area (Å²) >= 11 is 0. The third kappa shape index (κ3) is 5.85. The van der Waals surface area contributed by atoms with E-state index in [2.05, 4.69) is 10.6 Å². The predicted molar refractivity (Wildman–Crippen MR) is 110 cm³/mol. The van der Waals surface area contributed by atoms with Crippen LogP contribution in [0.4, 0.5) is 0 Å². The van der Waals surface area contributed by atoms with Gasteiger partial charge in [0, 0.05) is 25.7 Å². The summed E-state index contributed by atoms with van der Waals surface area (Å²) in [4.78, 5) is 25.9. The molecule has 3 rings (SSSR count). The number of benzene rings is 1. The van der Waals surface area contributed by atoms with Crippen molar-refractivity contribution in [2.75, 3.05) is 60.1 Å². The van der Waals surface area contributed by atoms with E-state index < -0.39 is 28.1 Å².